The van der Waals surface area contributed by atoms with Crippen molar-refractivity contribution in [3.05, 3.63) is 64.9 Å². The van der Waals surface area contributed by atoms with Crippen LogP contribution in [0.5, 0.6) is 0 Å². The van der Waals surface area contributed by atoms with Gasteiger partial charge in [0.05, 0.1) is 15.8 Å². The minimum absolute atomic E-state index is 0.0416. The summed E-state index contributed by atoms with van der Waals surface area (Å²) in [4.78, 5) is 25.4. The highest BCUT2D eigenvalue weighted by Gasteiger charge is 2.39. The van der Waals surface area contributed by atoms with Crippen LogP contribution in [-0.4, -0.2) is 26.5 Å². The molecule has 1 unspecified atom stereocenters. The number of benzene rings is 2. The fourth-order valence-electron chi connectivity index (χ4n) is 2.70. The van der Waals surface area contributed by atoms with Crippen molar-refractivity contribution in [3.63, 3.8) is 0 Å². The number of Topliss-reactive ketones (excluding diaryl/α,β-unsaturated/α-hetero) is 2. The van der Waals surface area contributed by atoms with Gasteiger partial charge in [-0.15, -0.1) is 0 Å². The molecule has 1 fully saturated rings. The first-order valence-electron chi connectivity index (χ1n) is 8.37. The van der Waals surface area contributed by atoms with Crippen molar-refractivity contribution < 1.29 is 22.4 Å². The molecular formula is C19H17ClFNO4S. The predicted octanol–water partition coefficient (Wildman–Crippen LogP) is 3.24. The van der Waals surface area contributed by atoms with Crippen LogP contribution >= 0.6 is 11.6 Å². The van der Waals surface area contributed by atoms with Crippen LogP contribution in [0, 0.1) is 17.7 Å². The average Bonchev–Trinajstić information content (AvgIpc) is 3.49. The van der Waals surface area contributed by atoms with Crippen LogP contribution in [0.3, 0.4) is 0 Å². The van der Waals surface area contributed by atoms with E-state index in [2.05, 4.69) is 4.72 Å². The Bertz CT molecular complexity index is 974. The smallest absolute Gasteiger partial charge is 0.240 e. The number of carbonyl (C=O) groups excluding carboxylic acids is 2. The summed E-state index contributed by atoms with van der Waals surface area (Å²) in [7, 11) is -3.87. The predicted molar refractivity (Wildman–Crippen MR) is 98.6 cm³/mol. The lowest BCUT2D eigenvalue weighted by Crippen LogP contribution is -2.38. The second-order valence-corrected chi connectivity index (χ2v) is 8.56. The zero-order chi connectivity index (χ0) is 19.6. The van der Waals surface area contributed by atoms with Crippen LogP contribution in [0.15, 0.2) is 53.4 Å². The normalized spacial score (nSPS) is 15.3. The van der Waals surface area contributed by atoms with Crippen molar-refractivity contribution in [2.75, 3.05) is 6.54 Å². The molecule has 2 aromatic rings. The van der Waals surface area contributed by atoms with E-state index in [9.17, 15) is 22.4 Å². The van der Waals surface area contributed by atoms with E-state index in [1.807, 2.05) is 0 Å². The summed E-state index contributed by atoms with van der Waals surface area (Å²) in [6.07, 6.45) is 1.36. The van der Waals surface area contributed by atoms with Crippen LogP contribution in [0.4, 0.5) is 4.39 Å². The summed E-state index contributed by atoms with van der Waals surface area (Å²) >= 11 is 5.72. The molecule has 1 N–H and O–H groups in total. The number of carbonyl (C=O) groups is 2. The molecule has 0 heterocycles. The molecule has 1 saturated carbocycles. The molecule has 5 nitrogen and oxygen atoms in total. The summed E-state index contributed by atoms with van der Waals surface area (Å²) in [5.74, 6) is -2.99. The van der Waals surface area contributed by atoms with E-state index in [0.29, 0.717) is 12.8 Å². The number of hydrogen-bond acceptors (Lipinski definition) is 4. The third-order valence-electron chi connectivity index (χ3n) is 4.37. The molecule has 0 bridgehead atoms. The van der Waals surface area contributed by atoms with E-state index in [-0.39, 0.29) is 33.7 Å². The van der Waals surface area contributed by atoms with Gasteiger partial charge in [-0.2, -0.15) is 0 Å². The third kappa shape index (κ3) is 4.61. The van der Waals surface area contributed by atoms with Gasteiger partial charge in [-0.1, -0.05) is 29.8 Å². The first-order chi connectivity index (χ1) is 12.8. The second-order valence-electron chi connectivity index (χ2n) is 6.39. The van der Waals surface area contributed by atoms with E-state index >= 15 is 0 Å². The van der Waals surface area contributed by atoms with Crippen molar-refractivity contribution in [1.29, 1.82) is 0 Å². The molecule has 2 aromatic carbocycles. The molecule has 1 atom stereocenters. The van der Waals surface area contributed by atoms with Crippen LogP contribution in [0.1, 0.15) is 23.2 Å². The lowest BCUT2D eigenvalue weighted by molar-refractivity contribution is -0.122. The lowest BCUT2D eigenvalue weighted by atomic mass is 9.91. The van der Waals surface area contributed by atoms with Gasteiger partial charge in [-0.3, -0.25) is 9.59 Å². The van der Waals surface area contributed by atoms with Gasteiger partial charge in [-0.25, -0.2) is 17.5 Å². The van der Waals surface area contributed by atoms with E-state index in [1.54, 1.807) is 18.2 Å². The standard InChI is InChI=1S/C19H17ClFNO4S/c20-16-10-13(8-9-17(16)21)19(24)15(18(23)12-6-7-12)11-22-27(25,26)14-4-2-1-3-5-14/h1-5,8-10,12,15,22H,6-7,11H2. The van der Waals surface area contributed by atoms with Gasteiger partial charge in [0.1, 0.15) is 11.6 Å². The van der Waals surface area contributed by atoms with Crippen LogP contribution in [-0.2, 0) is 14.8 Å². The number of ketones is 2. The van der Waals surface area contributed by atoms with Crippen LogP contribution < -0.4 is 4.72 Å². The summed E-state index contributed by atoms with van der Waals surface area (Å²) in [5.41, 5.74) is 0.0688. The van der Waals surface area contributed by atoms with Gasteiger partial charge in [0, 0.05) is 18.0 Å². The molecule has 0 amide bonds. The minimum atomic E-state index is -3.87. The van der Waals surface area contributed by atoms with Gasteiger partial charge in [0.15, 0.2) is 5.78 Å². The zero-order valence-corrected chi connectivity index (χ0v) is 15.8. The van der Waals surface area contributed by atoms with Crippen molar-refractivity contribution in [2.45, 2.75) is 17.7 Å². The monoisotopic (exact) mass is 409 g/mol. The van der Waals surface area contributed by atoms with Gasteiger partial charge in [0.25, 0.3) is 0 Å². The van der Waals surface area contributed by atoms with Gasteiger partial charge < -0.3 is 0 Å². The highest BCUT2D eigenvalue weighted by molar-refractivity contribution is 7.89. The Morgan fingerprint density at radius 3 is 2.41 bits per heavy atom. The van der Waals surface area contributed by atoms with Crippen LogP contribution in [0.25, 0.3) is 0 Å². The Balaban J connectivity index is 1.82. The SMILES string of the molecule is O=C(c1ccc(F)c(Cl)c1)C(CNS(=O)(=O)c1ccccc1)C(=O)C1CC1. The first-order valence-corrected chi connectivity index (χ1v) is 10.2. The highest BCUT2D eigenvalue weighted by atomic mass is 35.5. The molecule has 0 aliphatic heterocycles. The lowest BCUT2D eigenvalue weighted by Gasteiger charge is -2.16. The van der Waals surface area contributed by atoms with Crippen LogP contribution in [0.2, 0.25) is 5.02 Å². The maximum Gasteiger partial charge on any atom is 0.240 e. The molecule has 0 spiro atoms. The quantitative estimate of drug-likeness (QED) is 0.536. The van der Waals surface area contributed by atoms with Crippen molar-refractivity contribution >= 4 is 33.2 Å². The van der Waals surface area contributed by atoms with E-state index in [0.717, 1.165) is 12.1 Å². The molecule has 0 aromatic heterocycles. The van der Waals surface area contributed by atoms with Crippen molar-refractivity contribution in [3.8, 4) is 0 Å². The maximum absolute atomic E-state index is 13.4. The Hall–Kier alpha value is -2.09. The number of halogens is 2. The Kier molecular flexibility index (Phi) is 5.74. The van der Waals surface area contributed by atoms with E-state index in [4.69, 9.17) is 11.6 Å². The Morgan fingerprint density at radius 2 is 1.81 bits per heavy atom. The van der Waals surface area contributed by atoms with Gasteiger partial charge in [-0.05, 0) is 43.2 Å². The van der Waals surface area contributed by atoms with Crippen molar-refractivity contribution in [2.24, 2.45) is 11.8 Å². The highest BCUT2D eigenvalue weighted by Crippen LogP contribution is 2.33. The molecular weight excluding hydrogens is 393 g/mol. The molecule has 0 radical (unpaired) electrons. The Labute approximate surface area is 161 Å². The topological polar surface area (TPSA) is 80.3 Å². The number of nitrogens with one attached hydrogen (secondary N) is 1. The summed E-state index contributed by atoms with van der Waals surface area (Å²) in [6.45, 7) is -0.361. The fourth-order valence-corrected chi connectivity index (χ4v) is 3.95. The molecule has 1 aliphatic carbocycles. The fraction of sp³-hybridized carbons (Fsp3) is 0.263. The second kappa shape index (κ2) is 7.88. The largest absolute Gasteiger partial charge is 0.299 e. The minimum Gasteiger partial charge on any atom is -0.299 e. The molecule has 142 valence electrons. The molecule has 8 heteroatoms. The van der Waals surface area contributed by atoms with Gasteiger partial charge in [0.2, 0.25) is 10.0 Å². The molecule has 1 aliphatic rings. The van der Waals surface area contributed by atoms with E-state index in [1.165, 1.54) is 18.2 Å². The van der Waals surface area contributed by atoms with Crippen molar-refractivity contribution in [1.82, 2.24) is 4.72 Å². The first kappa shape index (κ1) is 19.7. The average molecular weight is 410 g/mol. The number of sulfonamides is 1. The number of hydrogen-bond donors (Lipinski definition) is 1. The third-order valence-corrected chi connectivity index (χ3v) is 6.10. The Morgan fingerprint density at radius 1 is 1.15 bits per heavy atom. The summed E-state index contributed by atoms with van der Waals surface area (Å²) in [6, 6.07) is 11.1. The summed E-state index contributed by atoms with van der Waals surface area (Å²) in [5, 5.41) is -0.233. The van der Waals surface area contributed by atoms with Gasteiger partial charge >= 0.3 is 0 Å². The molecule has 0 saturated heterocycles. The number of rotatable bonds is 8. The summed E-state index contributed by atoms with van der Waals surface area (Å²) < 4.78 is 40.5. The van der Waals surface area contributed by atoms with E-state index < -0.39 is 27.5 Å². The maximum atomic E-state index is 13.4. The molecule has 27 heavy (non-hydrogen) atoms. The zero-order valence-electron chi connectivity index (χ0n) is 14.2. The molecule has 3 rings (SSSR count).